The van der Waals surface area contributed by atoms with Gasteiger partial charge in [-0.1, -0.05) is 36.4 Å². The molecule has 0 heterocycles. The highest BCUT2D eigenvalue weighted by Gasteiger charge is 2.22. The average Bonchev–Trinajstić information content (AvgIpc) is 2.75. The third kappa shape index (κ3) is 6.52. The van der Waals surface area contributed by atoms with Crippen molar-refractivity contribution in [1.29, 1.82) is 0 Å². The summed E-state index contributed by atoms with van der Waals surface area (Å²) in [5.41, 5.74) is 1.53. The van der Waals surface area contributed by atoms with Gasteiger partial charge in [0.15, 0.2) is 23.0 Å². The molecule has 0 fully saturated rings. The Bertz CT molecular complexity index is 804. The summed E-state index contributed by atoms with van der Waals surface area (Å²) in [5.74, 6) is 0.747. The molecular formula is C23H28O7. The lowest BCUT2D eigenvalue weighted by atomic mass is 10.0. The predicted octanol–water partition coefficient (Wildman–Crippen LogP) is 2.70. The third-order valence-electron chi connectivity index (χ3n) is 4.57. The van der Waals surface area contributed by atoms with Gasteiger partial charge in [0.05, 0.1) is 26.4 Å². The van der Waals surface area contributed by atoms with Crippen LogP contribution >= 0.6 is 0 Å². The molecule has 7 heteroatoms. The molecular weight excluding hydrogens is 388 g/mol. The van der Waals surface area contributed by atoms with Crippen LogP contribution in [0, 0.1) is 0 Å². The van der Waals surface area contributed by atoms with E-state index in [1.807, 2.05) is 0 Å². The Morgan fingerprint density at radius 3 is 1.50 bits per heavy atom. The lowest BCUT2D eigenvalue weighted by Gasteiger charge is -2.21. The van der Waals surface area contributed by atoms with Gasteiger partial charge in [-0.15, -0.1) is 0 Å². The molecule has 7 nitrogen and oxygen atoms in total. The summed E-state index contributed by atoms with van der Waals surface area (Å²) in [5, 5.41) is 49.6. The van der Waals surface area contributed by atoms with Crippen LogP contribution in [-0.2, 0) is 0 Å². The van der Waals surface area contributed by atoms with Crippen molar-refractivity contribution in [3.63, 3.8) is 0 Å². The standard InChI is InChI=1S/C23H28O7/c1-29-21-13-15(9-11-17(21)24)5-3-7-19(26)23(28)20(27)8-4-6-16-10-12-18(25)22(14-16)30-2/h3-6,9-14,19-20,23-28H,7-8H2,1-2H3/b5-3+,6-4+. The van der Waals surface area contributed by atoms with Gasteiger partial charge in [-0.05, 0) is 48.2 Å². The highest BCUT2D eigenvalue weighted by atomic mass is 16.5. The first kappa shape index (κ1) is 23.3. The van der Waals surface area contributed by atoms with E-state index >= 15 is 0 Å². The zero-order valence-corrected chi connectivity index (χ0v) is 17.0. The number of hydrogen-bond acceptors (Lipinski definition) is 7. The molecule has 0 radical (unpaired) electrons. The van der Waals surface area contributed by atoms with Gasteiger partial charge in [-0.3, -0.25) is 0 Å². The number of aliphatic hydroxyl groups is 3. The first-order chi connectivity index (χ1) is 14.3. The number of benzene rings is 2. The first-order valence-electron chi connectivity index (χ1n) is 9.47. The van der Waals surface area contributed by atoms with E-state index in [9.17, 15) is 25.5 Å². The zero-order chi connectivity index (χ0) is 22.1. The fourth-order valence-corrected chi connectivity index (χ4v) is 2.82. The summed E-state index contributed by atoms with van der Waals surface area (Å²) in [6, 6.07) is 9.68. The summed E-state index contributed by atoms with van der Waals surface area (Å²) >= 11 is 0. The molecule has 0 amide bonds. The van der Waals surface area contributed by atoms with Crippen LogP contribution in [0.3, 0.4) is 0 Å². The molecule has 2 atom stereocenters. The fraction of sp³-hybridized carbons (Fsp3) is 0.304. The van der Waals surface area contributed by atoms with Crippen molar-refractivity contribution in [1.82, 2.24) is 0 Å². The summed E-state index contributed by atoms with van der Waals surface area (Å²) in [7, 11) is 2.91. The lowest BCUT2D eigenvalue weighted by Crippen LogP contribution is -2.36. The van der Waals surface area contributed by atoms with Gasteiger partial charge in [0, 0.05) is 0 Å². The fourth-order valence-electron chi connectivity index (χ4n) is 2.82. The Hall–Kier alpha value is -3.00. The van der Waals surface area contributed by atoms with Crippen molar-refractivity contribution in [2.45, 2.75) is 31.2 Å². The van der Waals surface area contributed by atoms with Crippen LogP contribution in [0.1, 0.15) is 24.0 Å². The second-order valence-electron chi connectivity index (χ2n) is 6.76. The number of aromatic hydroxyl groups is 2. The Balaban J connectivity index is 1.87. The van der Waals surface area contributed by atoms with Crippen LogP contribution in [0.5, 0.6) is 23.0 Å². The van der Waals surface area contributed by atoms with E-state index in [0.717, 1.165) is 11.1 Å². The number of rotatable bonds is 10. The molecule has 5 N–H and O–H groups in total. The van der Waals surface area contributed by atoms with Gasteiger partial charge >= 0.3 is 0 Å². The van der Waals surface area contributed by atoms with Crippen molar-refractivity contribution >= 4 is 12.2 Å². The van der Waals surface area contributed by atoms with Crippen LogP contribution in [0.2, 0.25) is 0 Å². The molecule has 0 aliphatic carbocycles. The Morgan fingerprint density at radius 2 is 1.13 bits per heavy atom. The van der Waals surface area contributed by atoms with Crippen molar-refractivity contribution in [3.8, 4) is 23.0 Å². The smallest absolute Gasteiger partial charge is 0.161 e. The average molecular weight is 416 g/mol. The van der Waals surface area contributed by atoms with Gasteiger partial charge in [0.1, 0.15) is 6.10 Å². The minimum absolute atomic E-state index is 0.0343. The van der Waals surface area contributed by atoms with Gasteiger partial charge in [-0.25, -0.2) is 0 Å². The molecule has 2 aromatic carbocycles. The van der Waals surface area contributed by atoms with E-state index < -0.39 is 18.3 Å². The largest absolute Gasteiger partial charge is 0.504 e. The van der Waals surface area contributed by atoms with E-state index in [-0.39, 0.29) is 24.3 Å². The molecule has 0 spiro atoms. The molecule has 0 aliphatic rings. The quantitative estimate of drug-likeness (QED) is 0.404. The van der Waals surface area contributed by atoms with E-state index in [2.05, 4.69) is 0 Å². The summed E-state index contributed by atoms with van der Waals surface area (Å²) in [6.07, 6.45) is 3.47. The third-order valence-corrected chi connectivity index (χ3v) is 4.57. The number of aliphatic hydroxyl groups excluding tert-OH is 3. The summed E-state index contributed by atoms with van der Waals surface area (Å²) in [4.78, 5) is 0. The molecule has 30 heavy (non-hydrogen) atoms. The monoisotopic (exact) mass is 416 g/mol. The molecule has 0 saturated heterocycles. The Labute approximate surface area is 175 Å². The molecule has 162 valence electrons. The van der Waals surface area contributed by atoms with E-state index in [0.29, 0.717) is 11.5 Å². The van der Waals surface area contributed by atoms with Crippen molar-refractivity contribution in [3.05, 3.63) is 59.7 Å². The molecule has 2 rings (SSSR count). The van der Waals surface area contributed by atoms with E-state index in [1.165, 1.54) is 26.4 Å². The van der Waals surface area contributed by atoms with Crippen LogP contribution in [0.4, 0.5) is 0 Å². The number of phenols is 2. The molecule has 0 saturated carbocycles. The number of hydrogen-bond donors (Lipinski definition) is 5. The molecule has 2 unspecified atom stereocenters. The van der Waals surface area contributed by atoms with E-state index in [1.54, 1.807) is 48.6 Å². The normalized spacial score (nSPS) is 14.7. The Morgan fingerprint density at radius 1 is 0.733 bits per heavy atom. The highest BCUT2D eigenvalue weighted by molar-refractivity contribution is 5.56. The van der Waals surface area contributed by atoms with E-state index in [4.69, 9.17) is 9.47 Å². The highest BCUT2D eigenvalue weighted by Crippen LogP contribution is 2.27. The molecule has 0 aliphatic heterocycles. The number of methoxy groups -OCH3 is 2. The van der Waals surface area contributed by atoms with Gasteiger partial charge in [0.25, 0.3) is 0 Å². The maximum absolute atomic E-state index is 10.1. The first-order valence-corrected chi connectivity index (χ1v) is 9.47. The van der Waals surface area contributed by atoms with Gasteiger partial charge < -0.3 is 35.0 Å². The van der Waals surface area contributed by atoms with Gasteiger partial charge in [0.2, 0.25) is 0 Å². The van der Waals surface area contributed by atoms with Crippen molar-refractivity contribution < 1.29 is 35.0 Å². The number of ether oxygens (including phenoxy) is 2. The van der Waals surface area contributed by atoms with Crippen LogP contribution < -0.4 is 9.47 Å². The second-order valence-corrected chi connectivity index (χ2v) is 6.76. The molecule has 2 aromatic rings. The van der Waals surface area contributed by atoms with Crippen LogP contribution in [-0.4, -0.2) is 58.1 Å². The Kier molecular flexibility index (Phi) is 8.73. The minimum atomic E-state index is -1.32. The second kappa shape index (κ2) is 11.3. The van der Waals surface area contributed by atoms with Crippen LogP contribution in [0.25, 0.3) is 12.2 Å². The SMILES string of the molecule is COc1cc(/C=C/CC(O)C(O)C(O)C/C=C/c2ccc(O)c(OC)c2)ccc1O. The predicted molar refractivity (Wildman–Crippen MR) is 115 cm³/mol. The molecule has 0 aromatic heterocycles. The van der Waals surface area contributed by atoms with Gasteiger partial charge in [-0.2, -0.15) is 0 Å². The van der Waals surface area contributed by atoms with Crippen LogP contribution in [0.15, 0.2) is 48.6 Å². The maximum atomic E-state index is 10.1. The lowest BCUT2D eigenvalue weighted by molar-refractivity contribution is -0.0557. The molecule has 0 bridgehead atoms. The van der Waals surface area contributed by atoms with Crippen molar-refractivity contribution in [2.75, 3.05) is 14.2 Å². The topological polar surface area (TPSA) is 120 Å². The number of phenolic OH excluding ortho intramolecular Hbond substituents is 2. The van der Waals surface area contributed by atoms with Crippen molar-refractivity contribution in [2.24, 2.45) is 0 Å². The maximum Gasteiger partial charge on any atom is 0.161 e. The zero-order valence-electron chi connectivity index (χ0n) is 17.0. The summed E-state index contributed by atoms with van der Waals surface area (Å²) < 4.78 is 10.1. The minimum Gasteiger partial charge on any atom is -0.504 e. The summed E-state index contributed by atoms with van der Waals surface area (Å²) in [6.45, 7) is 0.